The summed E-state index contributed by atoms with van der Waals surface area (Å²) in [5, 5.41) is 0. The number of rotatable bonds is 2. The Hall–Kier alpha value is -0.660. The molecule has 0 aromatic carbocycles. The molecule has 0 amide bonds. The van der Waals surface area contributed by atoms with E-state index in [0.29, 0.717) is 12.1 Å². The van der Waals surface area contributed by atoms with E-state index in [4.69, 9.17) is 4.74 Å². The molecule has 3 nitrogen and oxygen atoms in total. The summed E-state index contributed by atoms with van der Waals surface area (Å²) in [4.78, 5) is 8.92. The minimum atomic E-state index is 0.533. The predicted molar refractivity (Wildman–Crippen MR) is 83.7 cm³/mol. The molecule has 3 heteroatoms. The highest BCUT2D eigenvalue weighted by atomic mass is 16.5. The van der Waals surface area contributed by atoms with Gasteiger partial charge in [0.15, 0.2) is 0 Å². The van der Waals surface area contributed by atoms with E-state index in [2.05, 4.69) is 16.0 Å². The fourth-order valence-corrected chi connectivity index (χ4v) is 3.13. The lowest BCUT2D eigenvalue weighted by atomic mass is 9.96. The van der Waals surface area contributed by atoms with Crippen molar-refractivity contribution in [3.05, 3.63) is 0 Å². The zero-order valence-electron chi connectivity index (χ0n) is 12.9. The molecule has 2 saturated carbocycles. The molecule has 0 spiro atoms. The molecular weight excluding hydrogens is 248 g/mol. The van der Waals surface area contributed by atoms with Crippen LogP contribution in [-0.4, -0.2) is 31.3 Å². The van der Waals surface area contributed by atoms with E-state index in [1.54, 1.807) is 0 Å². The minimum absolute atomic E-state index is 0.533. The lowest BCUT2D eigenvalue weighted by Crippen LogP contribution is -2.10. The van der Waals surface area contributed by atoms with Crippen molar-refractivity contribution in [1.29, 1.82) is 0 Å². The summed E-state index contributed by atoms with van der Waals surface area (Å²) in [5.74, 6) is 0. The molecule has 3 fully saturated rings. The van der Waals surface area contributed by atoms with Crippen LogP contribution in [-0.2, 0) is 4.74 Å². The maximum Gasteiger partial charge on any atom is 0.0898 e. The molecule has 0 aromatic rings. The molecule has 0 radical (unpaired) electrons. The zero-order valence-corrected chi connectivity index (χ0v) is 12.9. The summed E-state index contributed by atoms with van der Waals surface area (Å²) in [6, 6.07) is 4.04. The first-order chi connectivity index (χ1) is 9.95. The van der Waals surface area contributed by atoms with Crippen molar-refractivity contribution in [3.63, 3.8) is 0 Å². The Morgan fingerprint density at radius 2 is 1.05 bits per heavy atom. The molecule has 1 saturated heterocycles. The molecule has 0 N–H and O–H groups in total. The van der Waals surface area contributed by atoms with Crippen LogP contribution < -0.4 is 0 Å². The second kappa shape index (κ2) is 10.1. The van der Waals surface area contributed by atoms with E-state index in [9.17, 15) is 0 Å². The van der Waals surface area contributed by atoms with Crippen LogP contribution in [0.1, 0.15) is 77.0 Å². The van der Waals surface area contributed by atoms with Crippen LogP contribution in [0.25, 0.3) is 0 Å². The third-order valence-corrected chi connectivity index (χ3v) is 4.46. The van der Waals surface area contributed by atoms with Gasteiger partial charge in [0.2, 0.25) is 0 Å². The van der Waals surface area contributed by atoms with Crippen LogP contribution in [0.3, 0.4) is 0 Å². The van der Waals surface area contributed by atoms with Crippen LogP contribution >= 0.6 is 0 Å². The van der Waals surface area contributed by atoms with Crippen LogP contribution in [0.15, 0.2) is 9.98 Å². The van der Waals surface area contributed by atoms with Crippen molar-refractivity contribution in [2.75, 3.05) is 13.2 Å². The fraction of sp³-hybridized carbons (Fsp3) is 0.941. The van der Waals surface area contributed by atoms with E-state index in [0.717, 1.165) is 13.2 Å². The third kappa shape index (κ3) is 6.67. The Bertz CT molecular complexity index is 265. The number of ether oxygens (including phenoxy) is 1. The summed E-state index contributed by atoms with van der Waals surface area (Å²) < 4.78 is 4.94. The largest absolute Gasteiger partial charge is 0.381 e. The number of nitrogens with zero attached hydrogens (tertiary/aromatic N) is 2. The summed E-state index contributed by atoms with van der Waals surface area (Å²) in [5.41, 5.74) is 0. The predicted octanol–water partition coefficient (Wildman–Crippen LogP) is 4.62. The van der Waals surface area contributed by atoms with Gasteiger partial charge < -0.3 is 4.74 Å². The summed E-state index contributed by atoms with van der Waals surface area (Å²) >= 11 is 0. The highest BCUT2D eigenvalue weighted by Gasteiger charge is 2.12. The van der Waals surface area contributed by atoms with Crippen molar-refractivity contribution < 1.29 is 4.74 Å². The van der Waals surface area contributed by atoms with E-state index in [-0.39, 0.29) is 0 Å². The standard InChI is InChI=1S/C13H22N2.C4H8O/c1-3-7-12(8-4-1)14-11-15-13-9-5-2-6-10-13;1-2-4-5-3-1/h12-13H,1-10H2;1-4H2. The number of aliphatic imine (C=N–C) groups is 2. The third-order valence-electron chi connectivity index (χ3n) is 4.46. The minimum Gasteiger partial charge on any atom is -0.381 e. The lowest BCUT2D eigenvalue weighted by Gasteiger charge is -2.17. The average molecular weight is 278 g/mol. The highest BCUT2D eigenvalue weighted by molar-refractivity contribution is 5.42. The van der Waals surface area contributed by atoms with Gasteiger partial charge in [0, 0.05) is 13.2 Å². The number of hydrogen-bond donors (Lipinski definition) is 0. The van der Waals surface area contributed by atoms with Crippen molar-refractivity contribution in [2.45, 2.75) is 89.1 Å². The van der Waals surface area contributed by atoms with Gasteiger partial charge in [0.25, 0.3) is 0 Å². The molecule has 0 aromatic heterocycles. The first kappa shape index (κ1) is 15.7. The van der Waals surface area contributed by atoms with Gasteiger partial charge in [0.1, 0.15) is 0 Å². The van der Waals surface area contributed by atoms with E-state index >= 15 is 0 Å². The van der Waals surface area contributed by atoms with Gasteiger partial charge in [-0.05, 0) is 38.5 Å². The molecule has 2 aliphatic carbocycles. The molecule has 20 heavy (non-hydrogen) atoms. The molecule has 0 unspecified atom stereocenters. The molecule has 1 aliphatic heterocycles. The van der Waals surface area contributed by atoms with E-state index in [1.807, 2.05) is 0 Å². The van der Waals surface area contributed by atoms with Crippen LogP contribution in [0, 0.1) is 0 Å². The number of hydrogen-bond acceptors (Lipinski definition) is 3. The Kier molecular flexibility index (Phi) is 7.96. The zero-order chi connectivity index (χ0) is 13.9. The Labute approximate surface area is 123 Å². The second-order valence-corrected chi connectivity index (χ2v) is 6.26. The Morgan fingerprint density at radius 1 is 0.600 bits per heavy atom. The molecule has 0 atom stereocenters. The maximum absolute atomic E-state index is 4.94. The van der Waals surface area contributed by atoms with Crippen LogP contribution in [0.5, 0.6) is 0 Å². The quantitative estimate of drug-likeness (QED) is 0.678. The van der Waals surface area contributed by atoms with E-state index in [1.165, 1.54) is 77.0 Å². The second-order valence-electron chi connectivity index (χ2n) is 6.26. The smallest absolute Gasteiger partial charge is 0.0898 e. The van der Waals surface area contributed by atoms with Gasteiger partial charge in [-0.15, -0.1) is 0 Å². The van der Waals surface area contributed by atoms with Crippen molar-refractivity contribution in [2.24, 2.45) is 9.98 Å². The molecule has 0 bridgehead atoms. The summed E-state index contributed by atoms with van der Waals surface area (Å²) in [6.45, 7) is 2.00. The first-order valence-corrected chi connectivity index (χ1v) is 8.67. The topological polar surface area (TPSA) is 34.0 Å². The monoisotopic (exact) mass is 278 g/mol. The van der Waals surface area contributed by atoms with Crippen molar-refractivity contribution in [3.8, 4) is 0 Å². The summed E-state index contributed by atoms with van der Waals surface area (Å²) in [6.07, 6.45) is 15.8. The summed E-state index contributed by atoms with van der Waals surface area (Å²) in [7, 11) is 0. The average Bonchev–Trinajstić information content (AvgIpc) is 3.09. The molecule has 3 rings (SSSR count). The van der Waals surface area contributed by atoms with Crippen LogP contribution in [0.2, 0.25) is 0 Å². The van der Waals surface area contributed by atoms with Gasteiger partial charge >= 0.3 is 0 Å². The Balaban J connectivity index is 0.000000247. The fourth-order valence-electron chi connectivity index (χ4n) is 3.13. The van der Waals surface area contributed by atoms with Gasteiger partial charge in [-0.2, -0.15) is 0 Å². The molecule has 3 aliphatic rings. The molecular formula is C17H30N2O. The molecule has 1 heterocycles. The van der Waals surface area contributed by atoms with Crippen LogP contribution in [0.4, 0.5) is 0 Å². The van der Waals surface area contributed by atoms with Crippen molar-refractivity contribution in [1.82, 2.24) is 0 Å². The van der Waals surface area contributed by atoms with Gasteiger partial charge in [-0.25, -0.2) is 9.98 Å². The first-order valence-electron chi connectivity index (χ1n) is 8.67. The van der Waals surface area contributed by atoms with Gasteiger partial charge in [-0.3, -0.25) is 0 Å². The SMILES string of the molecule is C(=NC1CCCCC1)=NC1CCCCC1.C1CCOC1. The Morgan fingerprint density at radius 3 is 1.40 bits per heavy atom. The van der Waals surface area contributed by atoms with E-state index < -0.39 is 0 Å². The van der Waals surface area contributed by atoms with Crippen molar-refractivity contribution >= 4 is 6.01 Å². The van der Waals surface area contributed by atoms with Gasteiger partial charge in [-0.1, -0.05) is 38.5 Å². The normalized spacial score (nSPS) is 24.4. The highest BCUT2D eigenvalue weighted by Crippen LogP contribution is 2.21. The molecule has 114 valence electrons. The lowest BCUT2D eigenvalue weighted by molar-refractivity contribution is 0.198. The maximum atomic E-state index is 4.94. The van der Waals surface area contributed by atoms with Gasteiger partial charge in [0.05, 0.1) is 18.1 Å².